The monoisotopic (exact) mass is 314 g/mol. The van der Waals surface area contributed by atoms with Crippen LogP contribution >= 0.6 is 0 Å². The topological polar surface area (TPSA) is 67.2 Å². The van der Waals surface area contributed by atoms with Crippen LogP contribution in [0.5, 0.6) is 0 Å². The SMILES string of the molecule is CCN(C(C)C)S(=O)(=O)c1cnn(CCCNC2CC2)c1. The summed E-state index contributed by atoms with van der Waals surface area (Å²) in [5, 5.41) is 7.61. The molecule has 120 valence electrons. The molecule has 0 bridgehead atoms. The number of nitrogens with zero attached hydrogens (tertiary/aromatic N) is 3. The number of hydrogen-bond donors (Lipinski definition) is 1. The highest BCUT2D eigenvalue weighted by molar-refractivity contribution is 7.89. The van der Waals surface area contributed by atoms with Gasteiger partial charge in [-0.15, -0.1) is 0 Å². The highest BCUT2D eigenvalue weighted by atomic mass is 32.2. The Kier molecular flexibility index (Phi) is 5.40. The van der Waals surface area contributed by atoms with Crippen molar-refractivity contribution in [1.29, 1.82) is 0 Å². The minimum atomic E-state index is -3.43. The van der Waals surface area contributed by atoms with Crippen LogP contribution in [-0.2, 0) is 16.6 Å². The van der Waals surface area contributed by atoms with E-state index in [2.05, 4.69) is 10.4 Å². The van der Waals surface area contributed by atoms with Crippen LogP contribution < -0.4 is 5.32 Å². The maximum atomic E-state index is 12.5. The van der Waals surface area contributed by atoms with E-state index < -0.39 is 10.0 Å². The van der Waals surface area contributed by atoms with E-state index in [-0.39, 0.29) is 10.9 Å². The summed E-state index contributed by atoms with van der Waals surface area (Å²) >= 11 is 0. The van der Waals surface area contributed by atoms with Crippen molar-refractivity contribution in [3.05, 3.63) is 12.4 Å². The van der Waals surface area contributed by atoms with E-state index in [9.17, 15) is 8.42 Å². The molecule has 0 saturated heterocycles. The fraction of sp³-hybridized carbons (Fsp3) is 0.786. The molecule has 0 unspecified atom stereocenters. The molecular formula is C14H26N4O2S. The molecule has 0 aromatic carbocycles. The lowest BCUT2D eigenvalue weighted by atomic mass is 10.4. The van der Waals surface area contributed by atoms with E-state index in [1.54, 1.807) is 10.9 Å². The zero-order valence-electron chi connectivity index (χ0n) is 13.1. The Morgan fingerprint density at radius 1 is 1.48 bits per heavy atom. The summed E-state index contributed by atoms with van der Waals surface area (Å²) < 4.78 is 28.2. The summed E-state index contributed by atoms with van der Waals surface area (Å²) in [5.74, 6) is 0. The first-order valence-electron chi connectivity index (χ1n) is 7.72. The van der Waals surface area contributed by atoms with Crippen LogP contribution in [0.1, 0.15) is 40.0 Å². The van der Waals surface area contributed by atoms with E-state index >= 15 is 0 Å². The molecule has 1 saturated carbocycles. The minimum Gasteiger partial charge on any atom is -0.314 e. The summed E-state index contributed by atoms with van der Waals surface area (Å²) in [6.07, 6.45) is 6.62. The van der Waals surface area contributed by atoms with E-state index in [1.807, 2.05) is 20.8 Å². The molecule has 0 aliphatic heterocycles. The van der Waals surface area contributed by atoms with Gasteiger partial charge in [0.05, 0.1) is 6.20 Å². The Balaban J connectivity index is 1.93. The molecule has 2 rings (SSSR count). The molecule has 0 atom stereocenters. The van der Waals surface area contributed by atoms with Crippen molar-refractivity contribution in [2.75, 3.05) is 13.1 Å². The van der Waals surface area contributed by atoms with Crippen molar-refractivity contribution in [1.82, 2.24) is 19.4 Å². The number of aryl methyl sites for hydroxylation is 1. The molecule has 7 heteroatoms. The fourth-order valence-corrected chi connectivity index (χ4v) is 3.98. The van der Waals surface area contributed by atoms with Crippen molar-refractivity contribution < 1.29 is 8.42 Å². The summed E-state index contributed by atoms with van der Waals surface area (Å²) in [7, 11) is -3.43. The lowest BCUT2D eigenvalue weighted by Crippen LogP contribution is -2.36. The molecule has 0 spiro atoms. The van der Waals surface area contributed by atoms with Crippen LogP contribution in [-0.4, -0.2) is 47.7 Å². The van der Waals surface area contributed by atoms with Crippen LogP contribution in [0, 0.1) is 0 Å². The average Bonchev–Trinajstić information content (AvgIpc) is 3.10. The molecule has 1 aromatic rings. The Morgan fingerprint density at radius 2 is 2.19 bits per heavy atom. The summed E-state index contributed by atoms with van der Waals surface area (Å²) in [6, 6.07) is 0.661. The van der Waals surface area contributed by atoms with Gasteiger partial charge < -0.3 is 5.32 Å². The minimum absolute atomic E-state index is 0.0499. The Morgan fingerprint density at radius 3 is 2.76 bits per heavy atom. The van der Waals surface area contributed by atoms with E-state index in [4.69, 9.17) is 0 Å². The molecule has 1 fully saturated rings. The third-order valence-corrected chi connectivity index (χ3v) is 5.78. The molecule has 1 aromatic heterocycles. The smallest absolute Gasteiger partial charge is 0.246 e. The Hall–Kier alpha value is -0.920. The van der Waals surface area contributed by atoms with Gasteiger partial charge in [0.25, 0.3) is 0 Å². The maximum Gasteiger partial charge on any atom is 0.246 e. The zero-order valence-corrected chi connectivity index (χ0v) is 13.9. The van der Waals surface area contributed by atoms with Gasteiger partial charge in [-0.3, -0.25) is 4.68 Å². The molecule has 1 aliphatic carbocycles. The molecule has 21 heavy (non-hydrogen) atoms. The van der Waals surface area contributed by atoms with Gasteiger partial charge in [-0.1, -0.05) is 6.92 Å². The third-order valence-electron chi connectivity index (χ3n) is 3.68. The predicted molar refractivity (Wildman–Crippen MR) is 82.6 cm³/mol. The van der Waals surface area contributed by atoms with Crippen LogP contribution in [0.3, 0.4) is 0 Å². The zero-order chi connectivity index (χ0) is 15.5. The largest absolute Gasteiger partial charge is 0.314 e. The lowest BCUT2D eigenvalue weighted by molar-refractivity contribution is 0.369. The van der Waals surface area contributed by atoms with Crippen LogP contribution in [0.25, 0.3) is 0 Å². The second kappa shape index (κ2) is 6.89. The van der Waals surface area contributed by atoms with Crippen LogP contribution in [0.2, 0.25) is 0 Å². The summed E-state index contributed by atoms with van der Waals surface area (Å²) in [4.78, 5) is 0.285. The second-order valence-corrected chi connectivity index (χ2v) is 7.71. The molecule has 0 amide bonds. The second-order valence-electron chi connectivity index (χ2n) is 5.82. The summed E-state index contributed by atoms with van der Waals surface area (Å²) in [5.41, 5.74) is 0. The van der Waals surface area contributed by atoms with Crippen molar-refractivity contribution in [2.45, 2.75) is 63.6 Å². The van der Waals surface area contributed by atoms with Gasteiger partial charge in [0.2, 0.25) is 10.0 Å². The van der Waals surface area contributed by atoms with E-state index in [1.165, 1.54) is 23.3 Å². The normalized spacial score (nSPS) is 16.0. The average molecular weight is 314 g/mol. The van der Waals surface area contributed by atoms with E-state index in [0.717, 1.165) is 19.5 Å². The van der Waals surface area contributed by atoms with Crippen molar-refractivity contribution >= 4 is 10.0 Å². The number of nitrogens with one attached hydrogen (secondary N) is 1. The standard InChI is InChI=1S/C14H26N4O2S/c1-4-18(12(2)3)21(19,20)14-10-16-17(11-14)9-5-8-15-13-6-7-13/h10-13,15H,4-9H2,1-3H3. The Labute approximate surface area is 127 Å². The fourth-order valence-electron chi connectivity index (χ4n) is 2.38. The van der Waals surface area contributed by atoms with Gasteiger partial charge in [0.15, 0.2) is 0 Å². The highest BCUT2D eigenvalue weighted by Gasteiger charge is 2.26. The highest BCUT2D eigenvalue weighted by Crippen LogP contribution is 2.19. The number of hydrogen-bond acceptors (Lipinski definition) is 4. The first-order chi connectivity index (χ1) is 9.95. The maximum absolute atomic E-state index is 12.5. The van der Waals surface area contributed by atoms with Crippen LogP contribution in [0.4, 0.5) is 0 Å². The molecular weight excluding hydrogens is 288 g/mol. The van der Waals surface area contributed by atoms with E-state index in [0.29, 0.717) is 12.6 Å². The molecule has 6 nitrogen and oxygen atoms in total. The summed E-state index contributed by atoms with van der Waals surface area (Å²) in [6.45, 7) is 7.79. The first kappa shape index (κ1) is 16.5. The van der Waals surface area contributed by atoms with Gasteiger partial charge in [0, 0.05) is 31.4 Å². The molecule has 1 aliphatic rings. The van der Waals surface area contributed by atoms with Gasteiger partial charge in [0.1, 0.15) is 4.90 Å². The quantitative estimate of drug-likeness (QED) is 0.701. The number of aromatic nitrogens is 2. The first-order valence-corrected chi connectivity index (χ1v) is 9.17. The van der Waals surface area contributed by atoms with Gasteiger partial charge in [-0.2, -0.15) is 9.40 Å². The lowest BCUT2D eigenvalue weighted by Gasteiger charge is -2.23. The van der Waals surface area contributed by atoms with Crippen LogP contribution in [0.15, 0.2) is 17.3 Å². The molecule has 1 heterocycles. The molecule has 1 N–H and O–H groups in total. The Bertz CT molecular complexity index is 549. The van der Waals surface area contributed by atoms with Crippen molar-refractivity contribution in [3.8, 4) is 0 Å². The molecule has 0 radical (unpaired) electrons. The van der Waals surface area contributed by atoms with Gasteiger partial charge >= 0.3 is 0 Å². The van der Waals surface area contributed by atoms with Crippen molar-refractivity contribution in [2.24, 2.45) is 0 Å². The van der Waals surface area contributed by atoms with Gasteiger partial charge in [-0.25, -0.2) is 8.42 Å². The van der Waals surface area contributed by atoms with Crippen molar-refractivity contribution in [3.63, 3.8) is 0 Å². The predicted octanol–water partition coefficient (Wildman–Crippen LogP) is 1.44. The third kappa shape index (κ3) is 4.28. The van der Waals surface area contributed by atoms with Gasteiger partial charge in [-0.05, 0) is 39.7 Å². The number of sulfonamides is 1. The number of rotatable bonds is 9.